The molecule has 4 nitrogen and oxygen atoms in total. The zero-order valence-corrected chi connectivity index (χ0v) is 11.2. The Bertz CT molecular complexity index is 583. The summed E-state index contributed by atoms with van der Waals surface area (Å²) in [5.41, 5.74) is 2.78. The molecule has 0 amide bonds. The molecule has 0 bridgehead atoms. The summed E-state index contributed by atoms with van der Waals surface area (Å²) in [7, 11) is 3.72. The average Bonchev–Trinajstić information content (AvgIpc) is 2.65. The molecule has 1 aromatic carbocycles. The topological polar surface area (TPSA) is 47.2 Å². The summed E-state index contributed by atoms with van der Waals surface area (Å²) in [4.78, 5) is 11.4. The monoisotopic (exact) mass is 248 g/mol. The Hall–Kier alpha value is -1.55. The van der Waals surface area contributed by atoms with Gasteiger partial charge in [0.1, 0.15) is 0 Å². The number of nitrogens with one attached hydrogen (secondary N) is 1. The number of aryl methyl sites for hydroxylation is 1. The van der Waals surface area contributed by atoms with E-state index in [1.165, 1.54) is 5.56 Å². The molecule has 0 aliphatic carbocycles. The maximum atomic E-state index is 11.4. The third kappa shape index (κ3) is 2.48. The molecule has 2 aromatic rings. The van der Waals surface area contributed by atoms with E-state index in [2.05, 4.69) is 18.3 Å². The van der Waals surface area contributed by atoms with Gasteiger partial charge in [0.2, 0.25) is 0 Å². The molecule has 1 unspecified atom stereocenters. The van der Waals surface area contributed by atoms with Gasteiger partial charge < -0.3 is 9.73 Å². The molecule has 98 valence electrons. The van der Waals surface area contributed by atoms with Crippen molar-refractivity contribution in [3.05, 3.63) is 34.3 Å². The predicted molar refractivity (Wildman–Crippen MR) is 72.9 cm³/mol. The highest BCUT2D eigenvalue weighted by molar-refractivity contribution is 5.73. The van der Waals surface area contributed by atoms with Gasteiger partial charge in [-0.2, -0.15) is 0 Å². The van der Waals surface area contributed by atoms with E-state index in [1.54, 1.807) is 11.6 Å². The van der Waals surface area contributed by atoms with Gasteiger partial charge in [-0.3, -0.25) is 4.57 Å². The fraction of sp³-hybridized carbons (Fsp3) is 0.500. The predicted octanol–water partition coefficient (Wildman–Crippen LogP) is 1.92. The first-order chi connectivity index (χ1) is 8.65. The van der Waals surface area contributed by atoms with Crippen LogP contribution in [0.4, 0.5) is 0 Å². The van der Waals surface area contributed by atoms with E-state index in [9.17, 15) is 4.79 Å². The van der Waals surface area contributed by atoms with E-state index in [-0.39, 0.29) is 5.76 Å². The van der Waals surface area contributed by atoms with Crippen LogP contribution in [0.25, 0.3) is 11.1 Å². The van der Waals surface area contributed by atoms with Crippen molar-refractivity contribution in [2.24, 2.45) is 13.0 Å². The number of rotatable bonds is 5. The molecule has 1 heterocycles. The summed E-state index contributed by atoms with van der Waals surface area (Å²) >= 11 is 0. The molecule has 1 N–H and O–H groups in total. The summed E-state index contributed by atoms with van der Waals surface area (Å²) in [5.74, 6) is 0.320. The van der Waals surface area contributed by atoms with Crippen molar-refractivity contribution in [1.29, 1.82) is 0 Å². The van der Waals surface area contributed by atoms with Crippen molar-refractivity contribution >= 4 is 11.1 Å². The molecule has 0 saturated heterocycles. The van der Waals surface area contributed by atoms with Crippen LogP contribution in [0.5, 0.6) is 0 Å². The van der Waals surface area contributed by atoms with Crippen LogP contribution in [-0.2, 0) is 13.5 Å². The van der Waals surface area contributed by atoms with Gasteiger partial charge in [0.25, 0.3) is 0 Å². The van der Waals surface area contributed by atoms with Gasteiger partial charge in [-0.15, -0.1) is 0 Å². The highest BCUT2D eigenvalue weighted by atomic mass is 16.4. The van der Waals surface area contributed by atoms with Gasteiger partial charge in [0.05, 0.1) is 5.52 Å². The van der Waals surface area contributed by atoms with Gasteiger partial charge in [-0.05, 0) is 43.6 Å². The highest BCUT2D eigenvalue weighted by Crippen LogP contribution is 2.18. The molecule has 2 rings (SSSR count). The quantitative estimate of drug-likeness (QED) is 0.879. The van der Waals surface area contributed by atoms with Crippen molar-refractivity contribution in [3.8, 4) is 0 Å². The van der Waals surface area contributed by atoms with E-state index >= 15 is 0 Å². The first-order valence-corrected chi connectivity index (χ1v) is 6.38. The van der Waals surface area contributed by atoms with E-state index < -0.39 is 0 Å². The lowest BCUT2D eigenvalue weighted by Crippen LogP contribution is -2.20. The number of nitrogens with zero attached hydrogens (tertiary/aromatic N) is 1. The average molecular weight is 248 g/mol. The largest absolute Gasteiger partial charge is 0.419 e. The van der Waals surface area contributed by atoms with Crippen LogP contribution in [0.3, 0.4) is 0 Å². The van der Waals surface area contributed by atoms with Gasteiger partial charge in [0.15, 0.2) is 5.58 Å². The second-order valence-electron chi connectivity index (χ2n) is 4.77. The molecule has 0 saturated carbocycles. The Labute approximate surface area is 107 Å². The second kappa shape index (κ2) is 5.40. The molecule has 18 heavy (non-hydrogen) atoms. The molecule has 1 aromatic heterocycles. The lowest BCUT2D eigenvalue weighted by Gasteiger charge is -2.14. The maximum absolute atomic E-state index is 11.4. The summed E-state index contributed by atoms with van der Waals surface area (Å²) in [6.45, 7) is 3.22. The van der Waals surface area contributed by atoms with Gasteiger partial charge in [0, 0.05) is 7.05 Å². The lowest BCUT2D eigenvalue weighted by molar-refractivity contribution is 0.481. The first-order valence-electron chi connectivity index (χ1n) is 6.38. The van der Waals surface area contributed by atoms with Crippen LogP contribution >= 0.6 is 0 Å². The number of hydrogen-bond donors (Lipinski definition) is 1. The third-order valence-electron chi connectivity index (χ3n) is 3.45. The van der Waals surface area contributed by atoms with Crippen LogP contribution in [0, 0.1) is 5.92 Å². The smallest absolute Gasteiger partial charge is 0.408 e. The first kappa shape index (κ1) is 12.9. The van der Waals surface area contributed by atoms with Crippen LogP contribution in [0.1, 0.15) is 18.9 Å². The van der Waals surface area contributed by atoms with Gasteiger partial charge >= 0.3 is 5.76 Å². The fourth-order valence-electron chi connectivity index (χ4n) is 2.28. The van der Waals surface area contributed by atoms with Crippen molar-refractivity contribution in [1.82, 2.24) is 9.88 Å². The van der Waals surface area contributed by atoms with Crippen LogP contribution in [0.2, 0.25) is 0 Å². The summed E-state index contributed by atoms with van der Waals surface area (Å²) < 4.78 is 6.68. The van der Waals surface area contributed by atoms with Crippen LogP contribution in [-0.4, -0.2) is 18.2 Å². The molecular formula is C14H20N2O2. The van der Waals surface area contributed by atoms with Crippen molar-refractivity contribution in [2.75, 3.05) is 13.6 Å². The summed E-state index contributed by atoms with van der Waals surface area (Å²) in [6.07, 6.45) is 2.16. The Morgan fingerprint density at radius 1 is 1.44 bits per heavy atom. The van der Waals surface area contributed by atoms with Crippen molar-refractivity contribution in [2.45, 2.75) is 19.8 Å². The SMILES string of the molecule is CCC(CNC)Cc1ccc2oc(=O)n(C)c2c1. The molecule has 0 spiro atoms. The van der Waals surface area contributed by atoms with Crippen molar-refractivity contribution < 1.29 is 4.42 Å². The zero-order valence-electron chi connectivity index (χ0n) is 11.2. The molecule has 1 atom stereocenters. The Balaban J connectivity index is 2.29. The van der Waals surface area contributed by atoms with E-state index in [0.717, 1.165) is 24.9 Å². The minimum Gasteiger partial charge on any atom is -0.408 e. The van der Waals surface area contributed by atoms with Gasteiger partial charge in [-0.1, -0.05) is 19.4 Å². The van der Waals surface area contributed by atoms with E-state index in [0.29, 0.717) is 11.5 Å². The van der Waals surface area contributed by atoms with Crippen LogP contribution in [0.15, 0.2) is 27.4 Å². The molecule has 0 aliphatic heterocycles. The molecular weight excluding hydrogens is 228 g/mol. The van der Waals surface area contributed by atoms with Gasteiger partial charge in [-0.25, -0.2) is 4.79 Å². The molecule has 0 radical (unpaired) electrons. The normalized spacial score (nSPS) is 13.1. The molecule has 0 fully saturated rings. The molecule has 0 aliphatic rings. The fourth-order valence-corrected chi connectivity index (χ4v) is 2.28. The lowest BCUT2D eigenvalue weighted by atomic mass is 9.96. The maximum Gasteiger partial charge on any atom is 0.419 e. The number of benzene rings is 1. The highest BCUT2D eigenvalue weighted by Gasteiger charge is 2.10. The van der Waals surface area contributed by atoms with E-state index in [1.807, 2.05) is 19.2 Å². The van der Waals surface area contributed by atoms with Crippen molar-refractivity contribution in [3.63, 3.8) is 0 Å². The standard InChI is InChI=1S/C14H20N2O2/c1-4-10(9-15-2)7-11-5-6-13-12(8-11)16(3)14(17)18-13/h5-6,8,10,15H,4,7,9H2,1-3H3. The number of fused-ring (bicyclic) bond motifs is 1. The summed E-state index contributed by atoms with van der Waals surface area (Å²) in [5, 5.41) is 3.22. The van der Waals surface area contributed by atoms with E-state index in [4.69, 9.17) is 4.42 Å². The second-order valence-corrected chi connectivity index (χ2v) is 4.77. The third-order valence-corrected chi connectivity index (χ3v) is 3.45. The summed E-state index contributed by atoms with van der Waals surface area (Å²) in [6, 6.07) is 5.99. The zero-order chi connectivity index (χ0) is 13.1. The minimum absolute atomic E-state index is 0.301. The number of aromatic nitrogens is 1. The Morgan fingerprint density at radius 2 is 2.22 bits per heavy atom. The Kier molecular flexibility index (Phi) is 3.87. The number of hydrogen-bond acceptors (Lipinski definition) is 3. The minimum atomic E-state index is -0.301. The Morgan fingerprint density at radius 3 is 2.89 bits per heavy atom. The molecule has 4 heteroatoms. The number of oxazole rings is 1. The van der Waals surface area contributed by atoms with Crippen LogP contribution < -0.4 is 11.1 Å².